The predicted molar refractivity (Wildman–Crippen MR) is 95.6 cm³/mol. The molecule has 0 radical (unpaired) electrons. The van der Waals surface area contributed by atoms with Crippen LogP contribution < -0.4 is 5.43 Å². The van der Waals surface area contributed by atoms with Crippen molar-refractivity contribution in [2.24, 2.45) is 0 Å². The molecule has 0 aliphatic carbocycles. The third-order valence-electron chi connectivity index (χ3n) is 4.16. The third-order valence-corrected chi connectivity index (χ3v) is 4.16. The van der Waals surface area contributed by atoms with E-state index in [2.05, 4.69) is 4.98 Å². The first-order chi connectivity index (χ1) is 12.7. The van der Waals surface area contributed by atoms with Crippen molar-refractivity contribution in [2.45, 2.75) is 13.1 Å². The lowest BCUT2D eigenvalue weighted by Gasteiger charge is -2.20. The Balaban J connectivity index is 1.71. The minimum Gasteiger partial charge on any atom is -0.467 e. The van der Waals surface area contributed by atoms with Gasteiger partial charge in [0.15, 0.2) is 0 Å². The van der Waals surface area contributed by atoms with Crippen molar-refractivity contribution in [3.63, 3.8) is 0 Å². The molecule has 1 N–H and O–H groups in total. The Hall–Kier alpha value is -3.54. The number of H-pyrrole nitrogens is 1. The van der Waals surface area contributed by atoms with E-state index in [1.807, 2.05) is 6.07 Å². The third kappa shape index (κ3) is 3.04. The maximum absolute atomic E-state index is 13.1. The summed E-state index contributed by atoms with van der Waals surface area (Å²) < 4.78 is 10.7. The van der Waals surface area contributed by atoms with E-state index < -0.39 is 0 Å². The van der Waals surface area contributed by atoms with Crippen LogP contribution in [0.15, 0.2) is 80.9 Å². The molecule has 0 saturated heterocycles. The molecule has 0 atom stereocenters. The summed E-state index contributed by atoms with van der Waals surface area (Å²) in [5.41, 5.74) is 0.479. The summed E-state index contributed by atoms with van der Waals surface area (Å²) in [5.74, 6) is 0.869. The summed E-state index contributed by atoms with van der Waals surface area (Å²) in [7, 11) is 0. The lowest BCUT2D eigenvalue weighted by molar-refractivity contribution is 0.0703. The molecule has 0 saturated carbocycles. The molecule has 3 aromatic heterocycles. The van der Waals surface area contributed by atoms with E-state index in [-0.39, 0.29) is 30.0 Å². The SMILES string of the molecule is O=C(c1c[nH]c2ccccc2c1=O)N(Cc1ccco1)Cc1ccco1. The average molecular weight is 348 g/mol. The van der Waals surface area contributed by atoms with Crippen LogP contribution in [0.5, 0.6) is 0 Å². The molecule has 0 aliphatic heterocycles. The number of pyridine rings is 1. The van der Waals surface area contributed by atoms with Gasteiger partial charge in [0.25, 0.3) is 5.91 Å². The van der Waals surface area contributed by atoms with Crippen LogP contribution in [-0.2, 0) is 13.1 Å². The average Bonchev–Trinajstić information content (AvgIpc) is 3.35. The number of para-hydroxylation sites is 1. The first-order valence-corrected chi connectivity index (χ1v) is 8.17. The lowest BCUT2D eigenvalue weighted by atomic mass is 10.1. The molecule has 0 bridgehead atoms. The Labute approximate surface area is 148 Å². The second-order valence-corrected chi connectivity index (χ2v) is 5.90. The van der Waals surface area contributed by atoms with E-state index in [0.29, 0.717) is 22.4 Å². The van der Waals surface area contributed by atoms with Gasteiger partial charge in [0.2, 0.25) is 5.43 Å². The highest BCUT2D eigenvalue weighted by Crippen LogP contribution is 2.15. The number of amides is 1. The molecule has 6 nitrogen and oxygen atoms in total. The number of benzene rings is 1. The molecule has 0 unspecified atom stereocenters. The Kier molecular flexibility index (Phi) is 4.15. The second kappa shape index (κ2) is 6.76. The number of rotatable bonds is 5. The van der Waals surface area contributed by atoms with Crippen LogP contribution in [0.1, 0.15) is 21.9 Å². The summed E-state index contributed by atoms with van der Waals surface area (Å²) >= 11 is 0. The van der Waals surface area contributed by atoms with E-state index in [9.17, 15) is 9.59 Å². The Morgan fingerprint density at radius 1 is 0.923 bits per heavy atom. The maximum atomic E-state index is 13.1. The number of hydrogen-bond donors (Lipinski definition) is 1. The Morgan fingerprint density at radius 2 is 1.58 bits per heavy atom. The summed E-state index contributed by atoms with van der Waals surface area (Å²) in [6, 6.07) is 14.2. The van der Waals surface area contributed by atoms with Crippen molar-refractivity contribution in [3.8, 4) is 0 Å². The second-order valence-electron chi connectivity index (χ2n) is 5.90. The molecular formula is C20H16N2O4. The van der Waals surface area contributed by atoms with Gasteiger partial charge < -0.3 is 18.7 Å². The molecule has 3 heterocycles. The van der Waals surface area contributed by atoms with E-state index in [0.717, 1.165) is 0 Å². The van der Waals surface area contributed by atoms with Crippen LogP contribution in [0.3, 0.4) is 0 Å². The molecule has 0 aliphatic rings. The topological polar surface area (TPSA) is 79.5 Å². The number of nitrogens with zero attached hydrogens (tertiary/aromatic N) is 1. The molecular weight excluding hydrogens is 332 g/mol. The number of aromatic nitrogens is 1. The maximum Gasteiger partial charge on any atom is 0.260 e. The zero-order valence-corrected chi connectivity index (χ0v) is 13.8. The van der Waals surface area contributed by atoms with E-state index in [4.69, 9.17) is 8.83 Å². The molecule has 4 rings (SSSR count). The minimum absolute atomic E-state index is 0.0850. The normalized spacial score (nSPS) is 10.9. The van der Waals surface area contributed by atoms with Gasteiger partial charge in [-0.05, 0) is 36.4 Å². The lowest BCUT2D eigenvalue weighted by Crippen LogP contribution is -2.33. The fourth-order valence-corrected chi connectivity index (χ4v) is 2.88. The Bertz CT molecular complexity index is 1040. The van der Waals surface area contributed by atoms with Crippen molar-refractivity contribution in [1.82, 2.24) is 9.88 Å². The Morgan fingerprint density at radius 3 is 2.19 bits per heavy atom. The van der Waals surface area contributed by atoms with Crippen LogP contribution in [-0.4, -0.2) is 15.8 Å². The summed E-state index contributed by atoms with van der Waals surface area (Å²) in [6.45, 7) is 0.470. The predicted octanol–water partition coefficient (Wildman–Crippen LogP) is 3.56. The van der Waals surface area contributed by atoms with Crippen molar-refractivity contribution in [1.29, 1.82) is 0 Å². The van der Waals surface area contributed by atoms with Gasteiger partial charge in [-0.25, -0.2) is 0 Å². The van der Waals surface area contributed by atoms with Gasteiger partial charge in [-0.1, -0.05) is 12.1 Å². The molecule has 0 spiro atoms. The zero-order chi connectivity index (χ0) is 17.9. The van der Waals surface area contributed by atoms with Crippen LogP contribution >= 0.6 is 0 Å². The molecule has 1 aromatic carbocycles. The van der Waals surface area contributed by atoms with Gasteiger partial charge in [-0.3, -0.25) is 9.59 Å². The van der Waals surface area contributed by atoms with Crippen molar-refractivity contribution < 1.29 is 13.6 Å². The van der Waals surface area contributed by atoms with Gasteiger partial charge in [-0.2, -0.15) is 0 Å². The number of nitrogens with one attached hydrogen (secondary N) is 1. The summed E-state index contributed by atoms with van der Waals surface area (Å²) in [4.78, 5) is 30.4. The van der Waals surface area contributed by atoms with E-state index in [1.165, 1.54) is 11.1 Å². The molecule has 1 amide bonds. The van der Waals surface area contributed by atoms with Gasteiger partial charge in [0.05, 0.1) is 25.6 Å². The fourth-order valence-electron chi connectivity index (χ4n) is 2.88. The van der Waals surface area contributed by atoms with Crippen LogP contribution in [0.2, 0.25) is 0 Å². The van der Waals surface area contributed by atoms with Crippen LogP contribution in [0.4, 0.5) is 0 Å². The highest BCUT2D eigenvalue weighted by atomic mass is 16.3. The van der Waals surface area contributed by atoms with Crippen molar-refractivity contribution in [3.05, 3.63) is 94.6 Å². The van der Waals surface area contributed by atoms with Crippen LogP contribution in [0.25, 0.3) is 10.9 Å². The zero-order valence-electron chi connectivity index (χ0n) is 13.8. The van der Waals surface area contributed by atoms with Gasteiger partial charge in [0.1, 0.15) is 17.1 Å². The monoisotopic (exact) mass is 348 g/mol. The summed E-state index contributed by atoms with van der Waals surface area (Å²) in [6.07, 6.45) is 4.56. The standard InChI is InChI=1S/C20H16N2O4/c23-19-16-7-1-2-8-18(16)21-11-17(19)20(24)22(12-14-5-3-9-25-14)13-15-6-4-10-26-15/h1-11H,12-13H2,(H,21,23). The van der Waals surface area contributed by atoms with E-state index in [1.54, 1.807) is 55.0 Å². The molecule has 0 fully saturated rings. The highest BCUT2D eigenvalue weighted by Gasteiger charge is 2.22. The number of aromatic amines is 1. The van der Waals surface area contributed by atoms with Gasteiger partial charge in [0, 0.05) is 17.1 Å². The molecule has 26 heavy (non-hydrogen) atoms. The highest BCUT2D eigenvalue weighted by molar-refractivity contribution is 5.97. The van der Waals surface area contributed by atoms with Crippen molar-refractivity contribution >= 4 is 16.8 Å². The van der Waals surface area contributed by atoms with Gasteiger partial charge in [-0.15, -0.1) is 0 Å². The number of hydrogen-bond acceptors (Lipinski definition) is 4. The smallest absolute Gasteiger partial charge is 0.260 e. The van der Waals surface area contributed by atoms with Crippen LogP contribution in [0, 0.1) is 0 Å². The molecule has 6 heteroatoms. The minimum atomic E-state index is -0.384. The van der Waals surface area contributed by atoms with Crippen molar-refractivity contribution in [2.75, 3.05) is 0 Å². The number of fused-ring (bicyclic) bond motifs is 1. The number of carbonyl (C=O) groups is 1. The number of carbonyl (C=O) groups excluding carboxylic acids is 1. The molecule has 130 valence electrons. The summed E-state index contributed by atoms with van der Waals surface area (Å²) in [5, 5.41) is 0.481. The number of furan rings is 2. The first-order valence-electron chi connectivity index (χ1n) is 8.17. The first kappa shape index (κ1) is 16.0. The fraction of sp³-hybridized carbons (Fsp3) is 0.100. The largest absolute Gasteiger partial charge is 0.467 e. The quantitative estimate of drug-likeness (QED) is 0.598. The molecule has 4 aromatic rings. The van der Waals surface area contributed by atoms with Gasteiger partial charge >= 0.3 is 0 Å². The van der Waals surface area contributed by atoms with E-state index >= 15 is 0 Å².